The molecular formula is C19H30IN5O3. The van der Waals surface area contributed by atoms with Gasteiger partial charge in [-0.05, 0) is 31.0 Å². The van der Waals surface area contributed by atoms with E-state index in [4.69, 9.17) is 4.74 Å². The molecule has 0 aromatic heterocycles. The molecule has 28 heavy (non-hydrogen) atoms. The Morgan fingerprint density at radius 2 is 1.82 bits per heavy atom. The Morgan fingerprint density at radius 3 is 2.43 bits per heavy atom. The van der Waals surface area contributed by atoms with Crippen LogP contribution in [0.4, 0.5) is 10.5 Å². The summed E-state index contributed by atoms with van der Waals surface area (Å²) in [5.74, 6) is 0.519. The second kappa shape index (κ2) is 12.4. The first-order valence-electron chi connectivity index (χ1n) is 9.33. The van der Waals surface area contributed by atoms with Crippen molar-refractivity contribution >= 4 is 47.6 Å². The van der Waals surface area contributed by atoms with E-state index in [0.717, 1.165) is 12.1 Å². The Labute approximate surface area is 183 Å². The smallest absolute Gasteiger partial charge is 0.409 e. The summed E-state index contributed by atoms with van der Waals surface area (Å²) in [6.07, 6.45) is 0.639. The number of benzene rings is 1. The summed E-state index contributed by atoms with van der Waals surface area (Å²) >= 11 is 0. The van der Waals surface area contributed by atoms with Crippen molar-refractivity contribution in [1.29, 1.82) is 0 Å². The van der Waals surface area contributed by atoms with Crippen LogP contribution in [0, 0.1) is 0 Å². The number of anilines is 1. The number of halogens is 1. The van der Waals surface area contributed by atoms with E-state index in [2.05, 4.69) is 22.5 Å². The summed E-state index contributed by atoms with van der Waals surface area (Å²) in [5, 5.41) is 5.98. The summed E-state index contributed by atoms with van der Waals surface area (Å²) in [6.45, 7) is 6.78. The molecule has 156 valence electrons. The number of carbonyl (C=O) groups excluding carboxylic acids is 2. The molecule has 9 heteroatoms. The summed E-state index contributed by atoms with van der Waals surface area (Å²) in [4.78, 5) is 31.9. The molecule has 1 aromatic carbocycles. The monoisotopic (exact) mass is 503 g/mol. The minimum absolute atomic E-state index is 0. The first-order valence-corrected chi connectivity index (χ1v) is 9.33. The summed E-state index contributed by atoms with van der Waals surface area (Å²) in [6, 6.07) is 7.82. The van der Waals surface area contributed by atoms with Crippen LogP contribution in [-0.2, 0) is 16.0 Å². The van der Waals surface area contributed by atoms with E-state index in [1.165, 1.54) is 5.56 Å². The van der Waals surface area contributed by atoms with E-state index in [1.807, 2.05) is 29.2 Å². The van der Waals surface area contributed by atoms with Gasteiger partial charge in [-0.3, -0.25) is 9.79 Å². The molecule has 0 atom stereocenters. The van der Waals surface area contributed by atoms with Crippen LogP contribution in [0.3, 0.4) is 0 Å². The molecule has 1 heterocycles. The van der Waals surface area contributed by atoms with Gasteiger partial charge in [0.25, 0.3) is 0 Å². The van der Waals surface area contributed by atoms with Gasteiger partial charge in [0, 0.05) is 38.9 Å². The van der Waals surface area contributed by atoms with E-state index in [9.17, 15) is 9.59 Å². The van der Waals surface area contributed by atoms with Gasteiger partial charge in [0.15, 0.2) is 5.96 Å². The fourth-order valence-electron chi connectivity index (χ4n) is 2.88. The number of ether oxygens (including phenoxy) is 1. The van der Waals surface area contributed by atoms with Crippen molar-refractivity contribution in [2.24, 2.45) is 4.99 Å². The maximum atomic E-state index is 12.2. The van der Waals surface area contributed by atoms with Gasteiger partial charge in [0.2, 0.25) is 5.91 Å². The minimum Gasteiger partial charge on any atom is -0.450 e. The highest BCUT2D eigenvalue weighted by molar-refractivity contribution is 14.0. The largest absolute Gasteiger partial charge is 0.450 e. The maximum Gasteiger partial charge on any atom is 0.409 e. The van der Waals surface area contributed by atoms with Crippen LogP contribution in [0.1, 0.15) is 19.4 Å². The SMILES string of the molecule is CCOC(=O)N1CCN(C(=NC)NCC(=O)Nc2cccc(CC)c2)CC1.I. The third kappa shape index (κ3) is 7.17. The number of hydrogen-bond donors (Lipinski definition) is 2. The number of piperazine rings is 1. The number of amides is 2. The van der Waals surface area contributed by atoms with Crippen LogP contribution < -0.4 is 10.6 Å². The van der Waals surface area contributed by atoms with Gasteiger partial charge < -0.3 is 25.2 Å². The Kier molecular flexibility index (Phi) is 10.6. The van der Waals surface area contributed by atoms with E-state index in [1.54, 1.807) is 18.9 Å². The topological polar surface area (TPSA) is 86.3 Å². The third-order valence-corrected chi connectivity index (χ3v) is 4.34. The van der Waals surface area contributed by atoms with Crippen LogP contribution in [0.15, 0.2) is 29.3 Å². The molecule has 0 saturated carbocycles. The molecule has 8 nitrogen and oxygen atoms in total. The van der Waals surface area contributed by atoms with Gasteiger partial charge >= 0.3 is 6.09 Å². The molecule has 1 saturated heterocycles. The lowest BCUT2D eigenvalue weighted by Gasteiger charge is -2.35. The fourth-order valence-corrected chi connectivity index (χ4v) is 2.88. The van der Waals surface area contributed by atoms with Crippen molar-refractivity contribution in [3.05, 3.63) is 29.8 Å². The van der Waals surface area contributed by atoms with E-state index in [-0.39, 0.29) is 42.5 Å². The van der Waals surface area contributed by atoms with Crippen LogP contribution in [0.25, 0.3) is 0 Å². The number of aryl methyl sites for hydroxylation is 1. The normalized spacial score (nSPS) is 14.2. The molecular weight excluding hydrogens is 473 g/mol. The van der Waals surface area contributed by atoms with E-state index >= 15 is 0 Å². The van der Waals surface area contributed by atoms with Crippen molar-refractivity contribution in [3.8, 4) is 0 Å². The predicted molar refractivity (Wildman–Crippen MR) is 121 cm³/mol. The highest BCUT2D eigenvalue weighted by Gasteiger charge is 2.23. The highest BCUT2D eigenvalue weighted by atomic mass is 127. The van der Waals surface area contributed by atoms with Crippen LogP contribution in [0.5, 0.6) is 0 Å². The average Bonchev–Trinajstić information content (AvgIpc) is 2.69. The van der Waals surface area contributed by atoms with E-state index in [0.29, 0.717) is 38.7 Å². The lowest BCUT2D eigenvalue weighted by molar-refractivity contribution is -0.115. The van der Waals surface area contributed by atoms with Gasteiger partial charge in [-0.1, -0.05) is 19.1 Å². The molecule has 2 N–H and O–H groups in total. The summed E-state index contributed by atoms with van der Waals surface area (Å²) in [7, 11) is 1.68. The van der Waals surface area contributed by atoms with Crippen LogP contribution in [-0.4, -0.2) is 74.1 Å². The molecule has 0 radical (unpaired) electrons. The molecule has 0 unspecified atom stereocenters. The lowest BCUT2D eigenvalue weighted by atomic mass is 10.1. The van der Waals surface area contributed by atoms with Gasteiger partial charge in [-0.2, -0.15) is 0 Å². The maximum absolute atomic E-state index is 12.2. The minimum atomic E-state index is -0.284. The number of rotatable bonds is 5. The second-order valence-corrected chi connectivity index (χ2v) is 6.18. The zero-order chi connectivity index (χ0) is 19.6. The van der Waals surface area contributed by atoms with Crippen molar-refractivity contribution in [1.82, 2.24) is 15.1 Å². The molecule has 0 bridgehead atoms. The van der Waals surface area contributed by atoms with Crippen LogP contribution >= 0.6 is 24.0 Å². The number of hydrogen-bond acceptors (Lipinski definition) is 4. The van der Waals surface area contributed by atoms with Crippen molar-refractivity contribution < 1.29 is 14.3 Å². The molecule has 0 aliphatic carbocycles. The molecule has 1 aliphatic rings. The van der Waals surface area contributed by atoms with Crippen molar-refractivity contribution in [2.45, 2.75) is 20.3 Å². The average molecular weight is 503 g/mol. The zero-order valence-corrected chi connectivity index (χ0v) is 19.1. The highest BCUT2D eigenvalue weighted by Crippen LogP contribution is 2.10. The number of guanidine groups is 1. The molecule has 1 aromatic rings. The second-order valence-electron chi connectivity index (χ2n) is 6.18. The standard InChI is InChI=1S/C19H29N5O3.HI/c1-4-15-7-6-8-16(13-15)22-17(25)14-21-18(20-3)23-9-11-24(12-10-23)19(26)27-5-2;/h6-8,13H,4-5,9-12,14H2,1-3H3,(H,20,21)(H,22,25);1H. The Balaban J connectivity index is 0.00000392. The van der Waals surface area contributed by atoms with Crippen molar-refractivity contribution in [3.63, 3.8) is 0 Å². The lowest BCUT2D eigenvalue weighted by Crippen LogP contribution is -2.54. The number of aliphatic imine (C=N–C) groups is 1. The Hall–Kier alpha value is -2.04. The van der Waals surface area contributed by atoms with Crippen molar-refractivity contribution in [2.75, 3.05) is 51.7 Å². The van der Waals surface area contributed by atoms with Gasteiger partial charge in [-0.25, -0.2) is 4.79 Å². The van der Waals surface area contributed by atoms with Gasteiger partial charge in [0.1, 0.15) is 0 Å². The summed E-state index contributed by atoms with van der Waals surface area (Å²) < 4.78 is 5.03. The van der Waals surface area contributed by atoms with Gasteiger partial charge in [-0.15, -0.1) is 24.0 Å². The zero-order valence-electron chi connectivity index (χ0n) is 16.7. The molecule has 2 rings (SSSR count). The first-order chi connectivity index (χ1) is 13.1. The number of nitrogens with one attached hydrogen (secondary N) is 2. The predicted octanol–water partition coefficient (Wildman–Crippen LogP) is 2.16. The van der Waals surface area contributed by atoms with Gasteiger partial charge in [0.05, 0.1) is 13.2 Å². The summed E-state index contributed by atoms with van der Waals surface area (Å²) in [5.41, 5.74) is 1.97. The molecule has 0 spiro atoms. The number of nitrogens with zero attached hydrogens (tertiary/aromatic N) is 3. The Bertz CT molecular complexity index is 675. The first kappa shape index (κ1) is 24.0. The third-order valence-electron chi connectivity index (χ3n) is 4.34. The quantitative estimate of drug-likeness (QED) is 0.366. The number of carbonyl (C=O) groups is 2. The molecule has 1 aliphatic heterocycles. The fraction of sp³-hybridized carbons (Fsp3) is 0.526. The molecule has 1 fully saturated rings. The Morgan fingerprint density at radius 1 is 1.14 bits per heavy atom. The van der Waals surface area contributed by atoms with Crippen LogP contribution in [0.2, 0.25) is 0 Å². The molecule has 2 amide bonds. The van der Waals surface area contributed by atoms with E-state index < -0.39 is 0 Å².